The van der Waals surface area contributed by atoms with Crippen LogP contribution in [0.4, 0.5) is 9.59 Å². The van der Waals surface area contributed by atoms with Crippen LogP contribution in [0, 0.1) is 23.7 Å². The molecular weight excluding hydrogens is 304 g/mol. The Labute approximate surface area is 144 Å². The van der Waals surface area contributed by atoms with Crippen molar-refractivity contribution in [2.45, 2.75) is 51.4 Å². The average molecular weight is 336 g/mol. The van der Waals surface area contributed by atoms with Crippen LogP contribution in [-0.4, -0.2) is 38.2 Å². The summed E-state index contributed by atoms with van der Waals surface area (Å²) in [6, 6.07) is 0.0441. The highest BCUT2D eigenvalue weighted by Gasteiger charge is 2.24. The van der Waals surface area contributed by atoms with Gasteiger partial charge in [-0.25, -0.2) is 9.59 Å². The molecule has 136 valence electrons. The van der Waals surface area contributed by atoms with E-state index in [2.05, 4.69) is 21.3 Å². The SMILES string of the molecule is O=C(NCC1CC1)NCC1CC1.O=C(NCC1CC1)NCC1CC1. The van der Waals surface area contributed by atoms with Crippen molar-refractivity contribution in [2.24, 2.45) is 23.7 Å². The van der Waals surface area contributed by atoms with Gasteiger partial charge in [-0.05, 0) is 75.0 Å². The second kappa shape index (κ2) is 8.58. The minimum atomic E-state index is 0.0220. The van der Waals surface area contributed by atoms with Crippen LogP contribution in [0.1, 0.15) is 51.4 Å². The Morgan fingerprint density at radius 2 is 0.708 bits per heavy atom. The molecular formula is C18H32N4O2. The molecule has 0 spiro atoms. The lowest BCUT2D eigenvalue weighted by Crippen LogP contribution is -2.37. The van der Waals surface area contributed by atoms with E-state index in [0.29, 0.717) is 0 Å². The molecule has 24 heavy (non-hydrogen) atoms. The standard InChI is InChI=1S/2C9H16N2O/c2*12-9(10-5-7-1-2-7)11-6-8-3-4-8/h2*7-8H,1-6H2,(H2,10,11,12). The summed E-state index contributed by atoms with van der Waals surface area (Å²) in [5.74, 6) is 3.10. The number of hydrogen-bond donors (Lipinski definition) is 4. The number of carbonyl (C=O) groups excluding carboxylic acids is 2. The van der Waals surface area contributed by atoms with Gasteiger partial charge in [-0.15, -0.1) is 0 Å². The molecule has 0 radical (unpaired) electrons. The van der Waals surface area contributed by atoms with E-state index >= 15 is 0 Å². The van der Waals surface area contributed by atoms with Crippen LogP contribution in [0.25, 0.3) is 0 Å². The maximum Gasteiger partial charge on any atom is 0.314 e. The van der Waals surface area contributed by atoms with Crippen molar-refractivity contribution < 1.29 is 9.59 Å². The largest absolute Gasteiger partial charge is 0.338 e. The van der Waals surface area contributed by atoms with Gasteiger partial charge in [0, 0.05) is 26.2 Å². The van der Waals surface area contributed by atoms with Crippen LogP contribution in [-0.2, 0) is 0 Å². The highest BCUT2D eigenvalue weighted by Crippen LogP contribution is 2.29. The van der Waals surface area contributed by atoms with Crippen LogP contribution in [0.5, 0.6) is 0 Å². The minimum absolute atomic E-state index is 0.0220. The molecule has 0 saturated heterocycles. The van der Waals surface area contributed by atoms with Crippen molar-refractivity contribution >= 4 is 12.1 Å². The summed E-state index contributed by atoms with van der Waals surface area (Å²) in [5.41, 5.74) is 0. The van der Waals surface area contributed by atoms with E-state index in [1.807, 2.05) is 0 Å². The molecule has 4 aliphatic carbocycles. The number of rotatable bonds is 8. The first-order chi connectivity index (χ1) is 11.7. The van der Waals surface area contributed by atoms with E-state index in [0.717, 1.165) is 49.9 Å². The molecule has 4 amide bonds. The fourth-order valence-electron chi connectivity index (χ4n) is 2.36. The third kappa shape index (κ3) is 8.41. The highest BCUT2D eigenvalue weighted by molar-refractivity contribution is 5.74. The lowest BCUT2D eigenvalue weighted by Gasteiger charge is -2.05. The van der Waals surface area contributed by atoms with Gasteiger partial charge in [-0.2, -0.15) is 0 Å². The Bertz CT molecular complexity index is 351. The van der Waals surface area contributed by atoms with Crippen molar-refractivity contribution in [3.05, 3.63) is 0 Å². The third-order valence-electron chi connectivity index (χ3n) is 4.99. The molecule has 0 bridgehead atoms. The molecule has 4 saturated carbocycles. The Balaban J connectivity index is 0.000000141. The van der Waals surface area contributed by atoms with Crippen LogP contribution < -0.4 is 21.3 Å². The summed E-state index contributed by atoms with van der Waals surface area (Å²) in [6.45, 7) is 3.49. The van der Waals surface area contributed by atoms with Gasteiger partial charge in [0.15, 0.2) is 0 Å². The molecule has 4 N–H and O–H groups in total. The molecule has 0 aliphatic heterocycles. The van der Waals surface area contributed by atoms with Gasteiger partial charge >= 0.3 is 12.1 Å². The number of urea groups is 2. The smallest absolute Gasteiger partial charge is 0.314 e. The van der Waals surface area contributed by atoms with Crippen molar-refractivity contribution in [1.29, 1.82) is 0 Å². The number of amides is 4. The Morgan fingerprint density at radius 1 is 0.500 bits per heavy atom. The second-order valence-corrected chi connectivity index (χ2v) is 7.96. The number of carbonyl (C=O) groups is 2. The predicted octanol–water partition coefficient (Wildman–Crippen LogP) is 2.21. The molecule has 6 heteroatoms. The lowest BCUT2D eigenvalue weighted by molar-refractivity contribution is 0.239. The lowest BCUT2D eigenvalue weighted by atomic mass is 10.4. The predicted molar refractivity (Wildman–Crippen MR) is 93.7 cm³/mol. The van der Waals surface area contributed by atoms with Crippen molar-refractivity contribution in [3.8, 4) is 0 Å². The summed E-state index contributed by atoms with van der Waals surface area (Å²) in [6.07, 6.45) is 10.4. The zero-order chi connectivity index (χ0) is 16.8. The number of hydrogen-bond acceptors (Lipinski definition) is 2. The summed E-state index contributed by atoms with van der Waals surface area (Å²) in [5, 5.41) is 11.5. The molecule has 4 rings (SSSR count). The van der Waals surface area contributed by atoms with Crippen LogP contribution in [0.3, 0.4) is 0 Å². The van der Waals surface area contributed by atoms with E-state index < -0.39 is 0 Å². The fraction of sp³-hybridized carbons (Fsp3) is 0.889. The second-order valence-electron chi connectivity index (χ2n) is 7.96. The van der Waals surface area contributed by atoms with Crippen LogP contribution in [0.2, 0.25) is 0 Å². The van der Waals surface area contributed by atoms with Gasteiger partial charge < -0.3 is 21.3 Å². The topological polar surface area (TPSA) is 82.3 Å². The van der Waals surface area contributed by atoms with E-state index in [1.165, 1.54) is 51.4 Å². The first-order valence-corrected chi connectivity index (χ1v) is 9.72. The van der Waals surface area contributed by atoms with Crippen molar-refractivity contribution in [3.63, 3.8) is 0 Å². The maximum absolute atomic E-state index is 11.1. The Kier molecular flexibility index (Phi) is 6.21. The minimum Gasteiger partial charge on any atom is -0.338 e. The number of nitrogens with one attached hydrogen (secondary N) is 4. The summed E-state index contributed by atoms with van der Waals surface area (Å²) < 4.78 is 0. The van der Waals surface area contributed by atoms with Gasteiger partial charge in [-0.1, -0.05) is 0 Å². The van der Waals surface area contributed by atoms with Gasteiger partial charge in [0.1, 0.15) is 0 Å². The molecule has 0 unspecified atom stereocenters. The zero-order valence-electron chi connectivity index (χ0n) is 14.6. The quantitative estimate of drug-likeness (QED) is 0.548. The fourth-order valence-corrected chi connectivity index (χ4v) is 2.36. The maximum atomic E-state index is 11.1. The summed E-state index contributed by atoms with van der Waals surface area (Å²) in [4.78, 5) is 22.2. The van der Waals surface area contributed by atoms with Gasteiger partial charge in [0.25, 0.3) is 0 Å². The average Bonchev–Trinajstić information content (AvgIpc) is 3.44. The van der Waals surface area contributed by atoms with E-state index in [4.69, 9.17) is 0 Å². The van der Waals surface area contributed by atoms with E-state index in [-0.39, 0.29) is 12.1 Å². The van der Waals surface area contributed by atoms with Crippen LogP contribution >= 0.6 is 0 Å². The highest BCUT2D eigenvalue weighted by atomic mass is 16.2. The normalized spacial score (nSPS) is 22.0. The van der Waals surface area contributed by atoms with Crippen molar-refractivity contribution in [2.75, 3.05) is 26.2 Å². The molecule has 0 aromatic heterocycles. The molecule has 0 aromatic carbocycles. The monoisotopic (exact) mass is 336 g/mol. The molecule has 4 aliphatic rings. The van der Waals surface area contributed by atoms with E-state index in [9.17, 15) is 9.59 Å². The van der Waals surface area contributed by atoms with E-state index in [1.54, 1.807) is 0 Å². The molecule has 0 atom stereocenters. The van der Waals surface area contributed by atoms with Gasteiger partial charge in [0.05, 0.1) is 0 Å². The molecule has 6 nitrogen and oxygen atoms in total. The Hall–Kier alpha value is -1.46. The summed E-state index contributed by atoms with van der Waals surface area (Å²) in [7, 11) is 0. The first-order valence-electron chi connectivity index (χ1n) is 9.72. The summed E-state index contributed by atoms with van der Waals surface area (Å²) >= 11 is 0. The van der Waals surface area contributed by atoms with Crippen molar-refractivity contribution in [1.82, 2.24) is 21.3 Å². The van der Waals surface area contributed by atoms with Gasteiger partial charge in [-0.3, -0.25) is 0 Å². The third-order valence-corrected chi connectivity index (χ3v) is 4.99. The Morgan fingerprint density at radius 3 is 0.875 bits per heavy atom. The first kappa shape index (κ1) is 17.4. The zero-order valence-corrected chi connectivity index (χ0v) is 14.6. The van der Waals surface area contributed by atoms with Crippen LogP contribution in [0.15, 0.2) is 0 Å². The molecule has 0 heterocycles. The molecule has 0 aromatic rings. The molecule has 4 fully saturated rings. The van der Waals surface area contributed by atoms with Gasteiger partial charge in [0.2, 0.25) is 0 Å².